The van der Waals surface area contributed by atoms with Crippen molar-refractivity contribution in [2.24, 2.45) is 5.73 Å². The zero-order valence-corrected chi connectivity index (χ0v) is 9.27. The fourth-order valence-electron chi connectivity index (χ4n) is 0.670. The summed E-state index contributed by atoms with van der Waals surface area (Å²) in [4.78, 5) is 10.6. The average molecular weight is 183 g/mol. The first-order valence-corrected chi connectivity index (χ1v) is 7.59. The third-order valence-corrected chi connectivity index (χ3v) is 2.03. The van der Waals surface area contributed by atoms with E-state index in [1.807, 2.05) is 0 Å². The summed E-state index contributed by atoms with van der Waals surface area (Å²) in [6, 6.07) is -0.269. The lowest BCUT2D eigenvalue weighted by Crippen LogP contribution is -2.23. The van der Waals surface area contributed by atoms with E-state index in [0.29, 0.717) is 6.42 Å². The van der Waals surface area contributed by atoms with Crippen molar-refractivity contribution in [3.05, 3.63) is 0 Å². The highest BCUT2D eigenvalue weighted by molar-refractivity contribution is 6.83. The van der Waals surface area contributed by atoms with Gasteiger partial charge in [0.2, 0.25) is 0 Å². The molecular formula is C9H17NOSi. The molecule has 0 aliphatic rings. The maximum Gasteiger partial charge on any atom is 0.132 e. The van der Waals surface area contributed by atoms with E-state index in [-0.39, 0.29) is 11.8 Å². The molecule has 0 fully saturated rings. The maximum absolute atomic E-state index is 10.6. The first-order valence-electron chi connectivity index (χ1n) is 4.09. The minimum Gasteiger partial charge on any atom is -0.317 e. The number of nitrogens with two attached hydrogens (primary N) is 1. The Morgan fingerprint density at radius 2 is 2.00 bits per heavy atom. The molecule has 0 bridgehead atoms. The molecular weight excluding hydrogens is 166 g/mol. The fraction of sp³-hybridized carbons (Fsp3) is 0.667. The SMILES string of the molecule is CC(=O)C[C@@H](N)C#C[Si](C)(C)C. The zero-order valence-electron chi connectivity index (χ0n) is 8.27. The monoisotopic (exact) mass is 183 g/mol. The molecule has 0 heterocycles. The van der Waals surface area contributed by atoms with Crippen LogP contribution >= 0.6 is 0 Å². The quantitative estimate of drug-likeness (QED) is 0.516. The smallest absolute Gasteiger partial charge is 0.132 e. The Bertz CT molecular complexity index is 219. The van der Waals surface area contributed by atoms with Gasteiger partial charge in [0, 0.05) is 6.42 Å². The van der Waals surface area contributed by atoms with E-state index < -0.39 is 8.07 Å². The molecule has 0 spiro atoms. The van der Waals surface area contributed by atoms with Gasteiger partial charge in [0.15, 0.2) is 0 Å². The summed E-state index contributed by atoms with van der Waals surface area (Å²) in [7, 11) is -1.32. The van der Waals surface area contributed by atoms with Gasteiger partial charge in [-0.05, 0) is 6.92 Å². The van der Waals surface area contributed by atoms with Crippen LogP contribution < -0.4 is 5.73 Å². The summed E-state index contributed by atoms with van der Waals surface area (Å²) in [5.41, 5.74) is 8.75. The van der Waals surface area contributed by atoms with Crippen molar-refractivity contribution in [1.82, 2.24) is 0 Å². The minimum atomic E-state index is -1.32. The van der Waals surface area contributed by atoms with Gasteiger partial charge in [-0.2, -0.15) is 0 Å². The topological polar surface area (TPSA) is 43.1 Å². The van der Waals surface area contributed by atoms with Gasteiger partial charge >= 0.3 is 0 Å². The normalized spacial score (nSPS) is 13.1. The Labute approximate surface area is 75.5 Å². The number of carbonyl (C=O) groups is 1. The molecule has 0 aliphatic heterocycles. The lowest BCUT2D eigenvalue weighted by atomic mass is 10.2. The molecule has 0 saturated carbocycles. The van der Waals surface area contributed by atoms with E-state index in [9.17, 15) is 4.79 Å². The molecule has 0 aromatic carbocycles. The lowest BCUT2D eigenvalue weighted by Gasteiger charge is -2.05. The fourth-order valence-corrected chi connectivity index (χ4v) is 1.29. The van der Waals surface area contributed by atoms with Gasteiger partial charge in [0.1, 0.15) is 13.9 Å². The molecule has 68 valence electrons. The molecule has 12 heavy (non-hydrogen) atoms. The summed E-state index contributed by atoms with van der Waals surface area (Å²) in [6.45, 7) is 8.00. The maximum atomic E-state index is 10.6. The van der Waals surface area contributed by atoms with Crippen molar-refractivity contribution >= 4 is 13.9 Å². The van der Waals surface area contributed by atoms with Crippen molar-refractivity contribution in [2.75, 3.05) is 0 Å². The third-order valence-electron chi connectivity index (χ3n) is 1.14. The summed E-state index contributed by atoms with van der Waals surface area (Å²) in [5.74, 6) is 3.03. The van der Waals surface area contributed by atoms with E-state index in [4.69, 9.17) is 5.73 Å². The van der Waals surface area contributed by atoms with Gasteiger partial charge < -0.3 is 5.73 Å². The first kappa shape index (κ1) is 11.4. The largest absolute Gasteiger partial charge is 0.317 e. The van der Waals surface area contributed by atoms with Crippen LogP contribution in [0.2, 0.25) is 19.6 Å². The van der Waals surface area contributed by atoms with Crippen molar-refractivity contribution in [3.8, 4) is 11.5 Å². The minimum absolute atomic E-state index is 0.104. The van der Waals surface area contributed by atoms with Crippen LogP contribution in [0.5, 0.6) is 0 Å². The average Bonchev–Trinajstić information content (AvgIpc) is 1.80. The Morgan fingerprint density at radius 3 is 2.33 bits per heavy atom. The molecule has 0 saturated heterocycles. The predicted molar refractivity (Wildman–Crippen MR) is 54.4 cm³/mol. The van der Waals surface area contributed by atoms with E-state index in [1.165, 1.54) is 6.92 Å². The third kappa shape index (κ3) is 7.51. The second kappa shape index (κ2) is 4.44. The summed E-state index contributed by atoms with van der Waals surface area (Å²) >= 11 is 0. The highest BCUT2D eigenvalue weighted by Gasteiger charge is 2.08. The molecule has 0 rings (SSSR count). The van der Waals surface area contributed by atoms with Crippen molar-refractivity contribution in [3.63, 3.8) is 0 Å². The highest BCUT2D eigenvalue weighted by atomic mass is 28.3. The molecule has 2 N–H and O–H groups in total. The second-order valence-corrected chi connectivity index (χ2v) is 8.78. The van der Waals surface area contributed by atoms with E-state index in [2.05, 4.69) is 31.1 Å². The van der Waals surface area contributed by atoms with Gasteiger partial charge in [-0.1, -0.05) is 25.6 Å². The van der Waals surface area contributed by atoms with Crippen LogP contribution in [-0.4, -0.2) is 19.9 Å². The van der Waals surface area contributed by atoms with Gasteiger partial charge in [-0.3, -0.25) is 4.79 Å². The Kier molecular flexibility index (Phi) is 4.22. The van der Waals surface area contributed by atoms with Crippen LogP contribution in [0.1, 0.15) is 13.3 Å². The second-order valence-electron chi connectivity index (χ2n) is 4.03. The highest BCUT2D eigenvalue weighted by Crippen LogP contribution is 1.97. The van der Waals surface area contributed by atoms with E-state index >= 15 is 0 Å². The number of Topliss-reactive ketones (excluding diaryl/α,β-unsaturated/α-hetero) is 1. The molecule has 0 aromatic rings. The molecule has 2 nitrogen and oxygen atoms in total. The standard InChI is InChI=1S/C9H17NOSi/c1-8(11)7-9(10)5-6-12(2,3)4/h9H,7,10H2,1-4H3/t9-/m0/s1. The number of hydrogen-bond acceptors (Lipinski definition) is 2. The van der Waals surface area contributed by atoms with Crippen LogP contribution in [0.25, 0.3) is 0 Å². The molecule has 1 atom stereocenters. The Morgan fingerprint density at radius 1 is 1.50 bits per heavy atom. The Balaban J connectivity index is 4.04. The van der Waals surface area contributed by atoms with Crippen molar-refractivity contribution < 1.29 is 4.79 Å². The molecule has 0 amide bonds. The predicted octanol–water partition coefficient (Wildman–Crippen LogP) is 1.17. The number of hydrogen-bond donors (Lipinski definition) is 1. The number of carbonyl (C=O) groups excluding carboxylic acids is 1. The first-order chi connectivity index (χ1) is 5.31. The van der Waals surface area contributed by atoms with Crippen LogP contribution in [0.15, 0.2) is 0 Å². The van der Waals surface area contributed by atoms with Gasteiger partial charge in [0.25, 0.3) is 0 Å². The summed E-state index contributed by atoms with van der Waals surface area (Å²) in [6.07, 6.45) is 0.373. The van der Waals surface area contributed by atoms with E-state index in [0.717, 1.165) is 0 Å². The van der Waals surface area contributed by atoms with E-state index in [1.54, 1.807) is 0 Å². The molecule has 3 heteroatoms. The number of ketones is 1. The van der Waals surface area contributed by atoms with Crippen LogP contribution in [0.3, 0.4) is 0 Å². The van der Waals surface area contributed by atoms with Crippen LogP contribution in [0.4, 0.5) is 0 Å². The van der Waals surface area contributed by atoms with Gasteiger partial charge in [0.05, 0.1) is 6.04 Å². The van der Waals surface area contributed by atoms with Gasteiger partial charge in [-0.15, -0.1) is 5.54 Å². The number of rotatable bonds is 2. The molecule has 0 radical (unpaired) electrons. The lowest BCUT2D eigenvalue weighted by molar-refractivity contribution is -0.117. The van der Waals surface area contributed by atoms with Crippen molar-refractivity contribution in [1.29, 1.82) is 0 Å². The Hall–Kier alpha value is -0.593. The summed E-state index contributed by atoms with van der Waals surface area (Å²) < 4.78 is 0. The summed E-state index contributed by atoms with van der Waals surface area (Å²) in [5, 5.41) is 0. The molecule has 0 aromatic heterocycles. The molecule has 0 aliphatic carbocycles. The van der Waals surface area contributed by atoms with Crippen LogP contribution in [0, 0.1) is 11.5 Å². The molecule has 0 unspecified atom stereocenters. The zero-order chi connectivity index (χ0) is 9.78. The van der Waals surface area contributed by atoms with Crippen molar-refractivity contribution in [2.45, 2.75) is 39.0 Å². The van der Waals surface area contributed by atoms with Crippen LogP contribution in [-0.2, 0) is 4.79 Å². The van der Waals surface area contributed by atoms with Gasteiger partial charge in [-0.25, -0.2) is 0 Å².